The lowest BCUT2D eigenvalue weighted by molar-refractivity contribution is -0.376. The van der Waals surface area contributed by atoms with Gasteiger partial charge in [0.1, 0.15) is 5.82 Å². The van der Waals surface area contributed by atoms with Crippen molar-refractivity contribution in [3.8, 4) is 11.2 Å². The smallest absolute Gasteiger partial charge is 0.383 e. The number of pyridine rings is 1. The summed E-state index contributed by atoms with van der Waals surface area (Å²) in [6.45, 7) is 1.69. The van der Waals surface area contributed by atoms with E-state index in [-0.39, 0.29) is 17.3 Å². The van der Waals surface area contributed by atoms with E-state index in [1.165, 1.54) is 6.07 Å². The zero-order valence-corrected chi connectivity index (χ0v) is 20.6. The Morgan fingerprint density at radius 3 is 2.08 bits per heavy atom. The molecule has 15 heteroatoms. The first-order valence-electron chi connectivity index (χ1n) is 10.2. The first-order chi connectivity index (χ1) is 16.6. The molecule has 36 heavy (non-hydrogen) atoms. The van der Waals surface area contributed by atoms with Crippen LogP contribution in [0.25, 0.3) is 0 Å². The highest BCUT2D eigenvalue weighted by atomic mass is 79.9. The van der Waals surface area contributed by atoms with E-state index in [1.807, 2.05) is 4.90 Å². The highest BCUT2D eigenvalue weighted by Gasteiger charge is 2.71. The largest absolute Gasteiger partial charge is 0.430 e. The maximum absolute atomic E-state index is 13.0. The van der Waals surface area contributed by atoms with Crippen LogP contribution in [0.2, 0.25) is 0 Å². The molecule has 1 aliphatic heterocycles. The monoisotopic (exact) mass is 600 g/mol. The number of sulfone groups is 1. The third-order valence-corrected chi connectivity index (χ3v) is 7.40. The Labute approximate surface area is 210 Å². The lowest BCUT2D eigenvalue weighted by Gasteiger charge is -2.36. The van der Waals surface area contributed by atoms with Crippen LogP contribution in [0.5, 0.6) is 0 Å². The molecule has 1 aromatic heterocycles. The first-order valence-corrected chi connectivity index (χ1v) is 12.4. The Bertz CT molecular complexity index is 1250. The molecule has 0 amide bonds. The van der Waals surface area contributed by atoms with Crippen LogP contribution in [-0.4, -0.2) is 68.5 Å². The number of nitrogen functional groups attached to an aromatic ring is 1. The topological polar surface area (TPSA) is 99.8 Å². The van der Waals surface area contributed by atoms with E-state index < -0.39 is 33.4 Å². The van der Waals surface area contributed by atoms with Crippen molar-refractivity contribution in [1.82, 2.24) is 9.88 Å². The van der Waals surface area contributed by atoms with Crippen LogP contribution >= 0.6 is 15.9 Å². The summed E-state index contributed by atoms with van der Waals surface area (Å²) in [5, 5.41) is 11.7. The molecule has 2 aromatic rings. The van der Waals surface area contributed by atoms with Gasteiger partial charge in [-0.25, -0.2) is 13.4 Å². The highest BCUT2D eigenvalue weighted by Crippen LogP contribution is 2.50. The van der Waals surface area contributed by atoms with Gasteiger partial charge >= 0.3 is 12.4 Å². The van der Waals surface area contributed by atoms with Crippen molar-refractivity contribution in [2.24, 2.45) is 0 Å². The Morgan fingerprint density at radius 1 is 1.03 bits per heavy atom. The molecule has 3 rings (SSSR count). The van der Waals surface area contributed by atoms with Gasteiger partial charge in [0.05, 0.1) is 15.9 Å². The molecule has 0 saturated carbocycles. The van der Waals surface area contributed by atoms with E-state index in [1.54, 1.807) is 4.90 Å². The average Bonchev–Trinajstić information content (AvgIpc) is 2.79. The number of hydrogen-bond donors (Lipinski definition) is 2. The molecule has 0 radical (unpaired) electrons. The van der Waals surface area contributed by atoms with Gasteiger partial charge in [-0.1, -0.05) is 18.1 Å². The summed E-state index contributed by atoms with van der Waals surface area (Å²) in [5.41, 5.74) is -0.389. The molecule has 0 bridgehead atoms. The molecule has 1 aromatic carbocycles. The summed E-state index contributed by atoms with van der Waals surface area (Å²) in [6, 6.07) is 4.66. The number of aliphatic hydroxyl groups is 1. The van der Waals surface area contributed by atoms with Crippen molar-refractivity contribution in [3.63, 3.8) is 0 Å². The number of nitrogens with zero attached hydrogens (tertiary/aromatic N) is 3. The maximum Gasteiger partial charge on any atom is 0.430 e. The summed E-state index contributed by atoms with van der Waals surface area (Å²) >= 11 is 3.10. The van der Waals surface area contributed by atoms with Crippen LogP contribution in [0.3, 0.4) is 0 Å². The Kier molecular flexibility index (Phi) is 7.85. The van der Waals surface area contributed by atoms with Gasteiger partial charge in [0.2, 0.25) is 9.84 Å². The maximum atomic E-state index is 13.0. The van der Waals surface area contributed by atoms with Gasteiger partial charge in [-0.3, -0.25) is 4.90 Å². The number of halogens is 7. The normalized spacial score (nSPS) is 15.9. The van der Waals surface area contributed by atoms with Crippen LogP contribution in [0, 0.1) is 11.2 Å². The number of rotatable bonds is 4. The van der Waals surface area contributed by atoms with Crippen LogP contribution in [0.1, 0.15) is 5.56 Å². The van der Waals surface area contributed by atoms with Gasteiger partial charge in [0.15, 0.2) is 0 Å². The van der Waals surface area contributed by atoms with Gasteiger partial charge in [-0.2, -0.15) is 26.3 Å². The van der Waals surface area contributed by atoms with Crippen molar-refractivity contribution < 1.29 is 39.9 Å². The predicted molar refractivity (Wildman–Crippen MR) is 122 cm³/mol. The van der Waals surface area contributed by atoms with Gasteiger partial charge < -0.3 is 15.7 Å². The van der Waals surface area contributed by atoms with E-state index in [2.05, 4.69) is 32.1 Å². The van der Waals surface area contributed by atoms with E-state index in [0.717, 1.165) is 18.3 Å². The molecule has 1 fully saturated rings. The average molecular weight is 601 g/mol. The summed E-state index contributed by atoms with van der Waals surface area (Å²) in [4.78, 5) is 7.23. The van der Waals surface area contributed by atoms with Crippen molar-refractivity contribution in [2.75, 3.05) is 43.4 Å². The summed E-state index contributed by atoms with van der Waals surface area (Å²) in [6.07, 6.45) is -10.8. The number of benzene rings is 1. The third-order valence-electron chi connectivity index (χ3n) is 5.51. The van der Waals surface area contributed by atoms with E-state index >= 15 is 0 Å². The molecule has 196 valence electrons. The molecule has 1 aliphatic rings. The molecular weight excluding hydrogens is 582 g/mol. The van der Waals surface area contributed by atoms with Crippen molar-refractivity contribution in [1.29, 1.82) is 0 Å². The van der Waals surface area contributed by atoms with Crippen LogP contribution in [-0.2, 0) is 15.4 Å². The molecule has 0 spiro atoms. The molecule has 7 nitrogen and oxygen atoms in total. The number of anilines is 2. The minimum atomic E-state index is -5.95. The van der Waals surface area contributed by atoms with Crippen molar-refractivity contribution in [2.45, 2.75) is 22.8 Å². The first kappa shape index (κ1) is 28.0. The summed E-state index contributed by atoms with van der Waals surface area (Å²) < 4.78 is 103. The number of nitrogens with two attached hydrogens (primary N) is 1. The number of aromatic nitrogens is 1. The SMILES string of the molecule is Nc1ncc(S(=O)(=O)C#CCN2CCN(c3ccc(C(O)(C(F)(F)F)C(F)(F)F)cc3)CC2)cc1Br. The Morgan fingerprint density at radius 2 is 1.58 bits per heavy atom. The molecule has 3 N–H and O–H groups in total. The molecule has 1 saturated heterocycles. The highest BCUT2D eigenvalue weighted by molar-refractivity contribution is 9.10. The van der Waals surface area contributed by atoms with Gasteiger partial charge in [0, 0.05) is 48.9 Å². The second-order valence-corrected chi connectivity index (χ2v) is 10.4. The molecule has 0 atom stereocenters. The molecule has 0 unspecified atom stereocenters. The molecule has 0 aliphatic carbocycles. The third kappa shape index (κ3) is 5.72. The second-order valence-electron chi connectivity index (χ2n) is 7.84. The Balaban J connectivity index is 1.62. The second kappa shape index (κ2) is 10.1. The zero-order chi connectivity index (χ0) is 26.9. The number of alkyl halides is 6. The van der Waals surface area contributed by atoms with E-state index in [4.69, 9.17) is 5.73 Å². The van der Waals surface area contributed by atoms with Crippen molar-refractivity contribution in [3.05, 3.63) is 46.6 Å². The van der Waals surface area contributed by atoms with E-state index in [0.29, 0.717) is 48.5 Å². The summed E-state index contributed by atoms with van der Waals surface area (Å²) in [7, 11) is -3.92. The lowest BCUT2D eigenvalue weighted by Crippen LogP contribution is -2.53. The zero-order valence-electron chi connectivity index (χ0n) is 18.2. The van der Waals surface area contributed by atoms with Gasteiger partial charge in [-0.15, -0.1) is 0 Å². The lowest BCUT2D eigenvalue weighted by atomic mass is 9.92. The summed E-state index contributed by atoms with van der Waals surface area (Å²) in [5.74, 6) is 2.72. The quantitative estimate of drug-likeness (QED) is 0.316. The fourth-order valence-electron chi connectivity index (χ4n) is 3.44. The number of piperazine rings is 1. The predicted octanol–water partition coefficient (Wildman–Crippen LogP) is 3.30. The Hall–Kier alpha value is -2.54. The fourth-order valence-corrected chi connectivity index (χ4v) is 4.78. The fraction of sp³-hybridized carbons (Fsp3) is 0.381. The van der Waals surface area contributed by atoms with Gasteiger partial charge in [-0.05, 0) is 34.1 Å². The standard InChI is InChI=1S/C21H19BrF6N4O3S/c22-17-12-16(13-30-18(17)29)36(34,35)11-1-6-31-7-9-32(10-8-31)15-4-2-14(3-5-15)19(33,20(23,24)25)21(26,27)28/h2-5,12-13,33H,6-10H2,(H2,29,30). The number of hydrogen-bond acceptors (Lipinski definition) is 7. The minimum Gasteiger partial charge on any atom is -0.383 e. The van der Waals surface area contributed by atoms with Crippen LogP contribution < -0.4 is 10.6 Å². The minimum absolute atomic E-state index is 0.118. The van der Waals surface area contributed by atoms with Gasteiger partial charge in [0.25, 0.3) is 5.60 Å². The van der Waals surface area contributed by atoms with Crippen molar-refractivity contribution >= 4 is 37.3 Å². The van der Waals surface area contributed by atoms with Crippen LogP contribution in [0.4, 0.5) is 37.8 Å². The molecule has 2 heterocycles. The van der Waals surface area contributed by atoms with E-state index in [9.17, 15) is 39.9 Å². The van der Waals surface area contributed by atoms with Crippen LogP contribution in [0.15, 0.2) is 45.9 Å². The molecular formula is C21H19BrF6N4O3S.